The standard InChI is InChI=1S/C12H16N2O3/c1-7-2-8(4-9(13)3-7)12(17)14-5-10(15)11(16)6-14/h2-4,10-11,15-16H,5-6,13H2,1H3. The van der Waals surface area contributed by atoms with Crippen molar-refractivity contribution in [1.29, 1.82) is 0 Å². The van der Waals surface area contributed by atoms with E-state index in [4.69, 9.17) is 5.73 Å². The van der Waals surface area contributed by atoms with Crippen LogP contribution in [-0.4, -0.2) is 46.3 Å². The van der Waals surface area contributed by atoms with Crippen LogP contribution in [-0.2, 0) is 0 Å². The van der Waals surface area contributed by atoms with Crippen molar-refractivity contribution < 1.29 is 15.0 Å². The van der Waals surface area contributed by atoms with Gasteiger partial charge in [0, 0.05) is 24.3 Å². The Morgan fingerprint density at radius 2 is 1.88 bits per heavy atom. The number of nitrogens with two attached hydrogens (primary N) is 1. The van der Waals surface area contributed by atoms with E-state index in [-0.39, 0.29) is 19.0 Å². The number of likely N-dealkylation sites (tertiary alicyclic amines) is 1. The highest BCUT2D eigenvalue weighted by atomic mass is 16.3. The summed E-state index contributed by atoms with van der Waals surface area (Å²) in [4.78, 5) is 13.5. The van der Waals surface area contributed by atoms with E-state index < -0.39 is 12.2 Å². The van der Waals surface area contributed by atoms with Crippen molar-refractivity contribution in [3.63, 3.8) is 0 Å². The lowest BCUT2D eigenvalue weighted by Gasteiger charge is -2.16. The lowest BCUT2D eigenvalue weighted by atomic mass is 10.1. The Kier molecular flexibility index (Phi) is 3.04. The molecule has 5 nitrogen and oxygen atoms in total. The second-order valence-corrected chi connectivity index (χ2v) is 4.48. The van der Waals surface area contributed by atoms with Gasteiger partial charge in [-0.2, -0.15) is 0 Å². The van der Waals surface area contributed by atoms with E-state index >= 15 is 0 Å². The Balaban J connectivity index is 2.20. The molecule has 1 aliphatic rings. The van der Waals surface area contributed by atoms with E-state index in [2.05, 4.69) is 0 Å². The first-order valence-electron chi connectivity index (χ1n) is 5.50. The Labute approximate surface area is 99.5 Å². The Hall–Kier alpha value is -1.59. The molecule has 1 aliphatic heterocycles. The molecule has 0 radical (unpaired) electrons. The Morgan fingerprint density at radius 3 is 2.41 bits per heavy atom. The van der Waals surface area contributed by atoms with Crippen LogP contribution in [0.2, 0.25) is 0 Å². The summed E-state index contributed by atoms with van der Waals surface area (Å²) >= 11 is 0. The van der Waals surface area contributed by atoms with Gasteiger partial charge in [0.25, 0.3) is 5.91 Å². The molecule has 1 heterocycles. The lowest BCUT2D eigenvalue weighted by Crippen LogP contribution is -2.29. The van der Waals surface area contributed by atoms with Crippen molar-refractivity contribution in [2.75, 3.05) is 18.8 Å². The largest absolute Gasteiger partial charge is 0.399 e. The molecule has 1 fully saturated rings. The summed E-state index contributed by atoms with van der Waals surface area (Å²) in [5.74, 6) is -0.212. The van der Waals surface area contributed by atoms with E-state index in [1.165, 1.54) is 4.90 Å². The highest BCUT2D eigenvalue weighted by Gasteiger charge is 2.32. The maximum atomic E-state index is 12.1. The summed E-state index contributed by atoms with van der Waals surface area (Å²) in [6.45, 7) is 2.18. The molecule has 1 saturated heterocycles. The zero-order valence-corrected chi connectivity index (χ0v) is 9.63. The van der Waals surface area contributed by atoms with Gasteiger partial charge < -0.3 is 20.8 Å². The number of carbonyl (C=O) groups excluding carboxylic acids is 1. The van der Waals surface area contributed by atoms with Gasteiger partial charge in [0.2, 0.25) is 0 Å². The SMILES string of the molecule is Cc1cc(N)cc(C(=O)N2CC(O)C(O)C2)c1. The summed E-state index contributed by atoms with van der Waals surface area (Å²) < 4.78 is 0. The van der Waals surface area contributed by atoms with Crippen LogP contribution in [0.15, 0.2) is 18.2 Å². The summed E-state index contributed by atoms with van der Waals surface area (Å²) in [6.07, 6.45) is -1.72. The van der Waals surface area contributed by atoms with Crippen molar-refractivity contribution in [3.8, 4) is 0 Å². The number of anilines is 1. The second-order valence-electron chi connectivity index (χ2n) is 4.48. The van der Waals surface area contributed by atoms with Crippen LogP contribution < -0.4 is 5.73 Å². The van der Waals surface area contributed by atoms with Crippen LogP contribution in [0.5, 0.6) is 0 Å². The predicted octanol–water partition coefficient (Wildman–Crippen LogP) is -0.245. The molecule has 1 amide bonds. The van der Waals surface area contributed by atoms with Crippen LogP contribution in [0.25, 0.3) is 0 Å². The number of amides is 1. The molecule has 0 aliphatic carbocycles. The lowest BCUT2D eigenvalue weighted by molar-refractivity contribution is 0.0572. The Bertz CT molecular complexity index is 417. The van der Waals surface area contributed by atoms with Crippen molar-refractivity contribution in [3.05, 3.63) is 29.3 Å². The minimum absolute atomic E-state index is 0.161. The maximum Gasteiger partial charge on any atom is 0.254 e. The summed E-state index contributed by atoms with van der Waals surface area (Å²) in [5, 5.41) is 18.8. The van der Waals surface area contributed by atoms with Crippen molar-refractivity contribution in [2.24, 2.45) is 0 Å². The second kappa shape index (κ2) is 4.35. The molecule has 17 heavy (non-hydrogen) atoms. The fraction of sp³-hybridized carbons (Fsp3) is 0.417. The van der Waals surface area contributed by atoms with Crippen LogP contribution >= 0.6 is 0 Å². The number of nitrogens with zero attached hydrogens (tertiary/aromatic N) is 1. The van der Waals surface area contributed by atoms with Gasteiger partial charge in [-0.3, -0.25) is 4.79 Å². The third-order valence-corrected chi connectivity index (χ3v) is 2.89. The third-order valence-electron chi connectivity index (χ3n) is 2.89. The zero-order chi connectivity index (χ0) is 12.6. The maximum absolute atomic E-state index is 12.1. The van der Waals surface area contributed by atoms with Crippen molar-refractivity contribution in [2.45, 2.75) is 19.1 Å². The van der Waals surface area contributed by atoms with Gasteiger partial charge in [0.05, 0.1) is 12.2 Å². The first-order chi connectivity index (χ1) is 7.97. The summed E-state index contributed by atoms with van der Waals surface area (Å²) in [5.41, 5.74) is 7.62. The smallest absolute Gasteiger partial charge is 0.254 e. The van der Waals surface area contributed by atoms with Gasteiger partial charge in [0.15, 0.2) is 0 Å². The van der Waals surface area contributed by atoms with Gasteiger partial charge in [-0.05, 0) is 30.7 Å². The average Bonchev–Trinajstić information content (AvgIpc) is 2.57. The highest BCUT2D eigenvalue weighted by molar-refractivity contribution is 5.95. The molecule has 2 unspecified atom stereocenters. The number of aliphatic hydroxyl groups excluding tert-OH is 2. The van der Waals surface area contributed by atoms with Gasteiger partial charge in [-0.1, -0.05) is 0 Å². The molecule has 5 heteroatoms. The van der Waals surface area contributed by atoms with Crippen LogP contribution in [0.3, 0.4) is 0 Å². The highest BCUT2D eigenvalue weighted by Crippen LogP contribution is 2.17. The fourth-order valence-electron chi connectivity index (χ4n) is 2.05. The van der Waals surface area contributed by atoms with Gasteiger partial charge in [-0.15, -0.1) is 0 Å². The van der Waals surface area contributed by atoms with E-state index in [1.54, 1.807) is 18.2 Å². The molecule has 4 N–H and O–H groups in total. The fourth-order valence-corrected chi connectivity index (χ4v) is 2.05. The minimum atomic E-state index is -0.860. The summed E-state index contributed by atoms with van der Waals surface area (Å²) in [6, 6.07) is 5.13. The molecule has 1 aromatic rings. The molecule has 1 aromatic carbocycles. The van der Waals surface area contributed by atoms with E-state index in [0.29, 0.717) is 11.3 Å². The number of hydrogen-bond acceptors (Lipinski definition) is 4. The number of nitrogen functional groups attached to an aromatic ring is 1. The van der Waals surface area contributed by atoms with Gasteiger partial charge in [-0.25, -0.2) is 0 Å². The molecule has 0 spiro atoms. The van der Waals surface area contributed by atoms with Crippen molar-refractivity contribution in [1.82, 2.24) is 4.90 Å². The molecular weight excluding hydrogens is 220 g/mol. The molecule has 0 bridgehead atoms. The minimum Gasteiger partial charge on any atom is -0.399 e. The molecule has 0 aromatic heterocycles. The number of β-amino-alcohol motifs (C(OH)–C–C–N with tert-alkyl or cyclic N) is 2. The summed E-state index contributed by atoms with van der Waals surface area (Å²) in [7, 11) is 0. The molecule has 0 saturated carbocycles. The number of carbonyl (C=O) groups is 1. The topological polar surface area (TPSA) is 86.8 Å². The van der Waals surface area contributed by atoms with Crippen molar-refractivity contribution >= 4 is 11.6 Å². The first kappa shape index (κ1) is 11.9. The zero-order valence-electron chi connectivity index (χ0n) is 9.63. The number of benzene rings is 1. The van der Waals surface area contributed by atoms with Crippen LogP contribution in [0.1, 0.15) is 15.9 Å². The molecular formula is C12H16N2O3. The third kappa shape index (κ3) is 2.40. The van der Waals surface area contributed by atoms with Gasteiger partial charge >= 0.3 is 0 Å². The number of rotatable bonds is 1. The van der Waals surface area contributed by atoms with Crippen LogP contribution in [0.4, 0.5) is 5.69 Å². The average molecular weight is 236 g/mol. The van der Waals surface area contributed by atoms with E-state index in [1.807, 2.05) is 6.92 Å². The number of aliphatic hydroxyl groups is 2. The monoisotopic (exact) mass is 236 g/mol. The van der Waals surface area contributed by atoms with Crippen LogP contribution in [0, 0.1) is 6.92 Å². The van der Waals surface area contributed by atoms with E-state index in [9.17, 15) is 15.0 Å². The Morgan fingerprint density at radius 1 is 1.29 bits per heavy atom. The molecule has 92 valence electrons. The quantitative estimate of drug-likeness (QED) is 0.587. The normalized spacial score (nSPS) is 24.1. The number of aryl methyl sites for hydroxylation is 1. The molecule has 2 atom stereocenters. The van der Waals surface area contributed by atoms with E-state index in [0.717, 1.165) is 5.56 Å². The number of hydrogen-bond donors (Lipinski definition) is 3. The molecule has 2 rings (SSSR count). The first-order valence-corrected chi connectivity index (χ1v) is 5.50. The van der Waals surface area contributed by atoms with Gasteiger partial charge in [0.1, 0.15) is 0 Å². The predicted molar refractivity (Wildman–Crippen MR) is 63.5 cm³/mol.